The highest BCUT2D eigenvalue weighted by Crippen LogP contribution is 2.51. The normalized spacial score (nSPS) is 35.1. The number of hydrogen-bond acceptors (Lipinski definition) is 5. The van der Waals surface area contributed by atoms with Crippen LogP contribution in [0.1, 0.15) is 32.6 Å². The molecule has 1 saturated heterocycles. The molecule has 2 heterocycles. The van der Waals surface area contributed by atoms with E-state index in [1.807, 2.05) is 0 Å². The van der Waals surface area contributed by atoms with Crippen molar-refractivity contribution in [3.05, 3.63) is 11.3 Å². The first-order valence-electron chi connectivity index (χ1n) is 6.28. The number of fused-ring (bicyclic) bond motifs is 3. The molecule has 1 saturated carbocycles. The van der Waals surface area contributed by atoms with Crippen molar-refractivity contribution in [2.24, 2.45) is 5.92 Å². The Kier molecular flexibility index (Phi) is 2.45. The van der Waals surface area contributed by atoms with Crippen molar-refractivity contribution in [3.63, 3.8) is 0 Å². The smallest absolute Gasteiger partial charge is 0.354 e. The second-order valence-electron chi connectivity index (χ2n) is 5.47. The van der Waals surface area contributed by atoms with Crippen LogP contribution in [0.5, 0.6) is 0 Å². The Morgan fingerprint density at radius 2 is 2.17 bits per heavy atom. The molecule has 3 atom stereocenters. The van der Waals surface area contributed by atoms with Gasteiger partial charge in [-0.2, -0.15) is 0 Å². The minimum Gasteiger partial charge on any atom is -0.477 e. The van der Waals surface area contributed by atoms with Crippen LogP contribution >= 0.6 is 0 Å². The number of carbonyl (C=O) groups is 1. The fourth-order valence-corrected chi connectivity index (χ4v) is 3.40. The highest BCUT2D eigenvalue weighted by Gasteiger charge is 2.60. The van der Waals surface area contributed by atoms with Crippen LogP contribution in [0.2, 0.25) is 0 Å². The Bertz CT molecular complexity index is 425. The van der Waals surface area contributed by atoms with Crippen LogP contribution in [0.4, 0.5) is 0 Å². The zero-order valence-electron chi connectivity index (χ0n) is 10.2. The van der Waals surface area contributed by atoms with E-state index in [0.29, 0.717) is 0 Å². The number of rotatable bonds is 2. The maximum atomic E-state index is 11.3. The molecular formula is C12H17NO5. The summed E-state index contributed by atoms with van der Waals surface area (Å²) in [7, 11) is 0. The van der Waals surface area contributed by atoms with Crippen molar-refractivity contribution in [2.45, 2.75) is 50.5 Å². The molecule has 0 aromatic heterocycles. The molecule has 6 heteroatoms. The Labute approximate surface area is 104 Å². The van der Waals surface area contributed by atoms with Crippen molar-refractivity contribution in [2.75, 3.05) is 0 Å². The molecule has 0 radical (unpaired) electrons. The standard InChI is InChI=1S/C12H17NO5/c1-12(16,17)10-8-6-4-2-3-5-7(6)9(11(14)15)13(8)18-10/h6,8,10,16-17H,2-5H2,1H3,(H,14,15). The highest BCUT2D eigenvalue weighted by atomic mass is 16.7. The first-order valence-corrected chi connectivity index (χ1v) is 6.28. The van der Waals surface area contributed by atoms with Gasteiger partial charge in [0.15, 0.2) is 11.9 Å². The summed E-state index contributed by atoms with van der Waals surface area (Å²) in [5.74, 6) is -2.84. The van der Waals surface area contributed by atoms with Crippen LogP contribution in [0.3, 0.4) is 0 Å². The number of aliphatic hydroxyl groups is 2. The van der Waals surface area contributed by atoms with Gasteiger partial charge >= 0.3 is 5.97 Å². The third-order valence-electron chi connectivity index (χ3n) is 4.15. The van der Waals surface area contributed by atoms with E-state index in [9.17, 15) is 20.1 Å². The zero-order valence-corrected chi connectivity index (χ0v) is 10.2. The molecule has 3 N–H and O–H groups in total. The average molecular weight is 255 g/mol. The van der Waals surface area contributed by atoms with Gasteiger partial charge in [-0.25, -0.2) is 9.86 Å². The topological polar surface area (TPSA) is 90.2 Å². The Morgan fingerprint density at radius 3 is 2.78 bits per heavy atom. The largest absolute Gasteiger partial charge is 0.477 e. The van der Waals surface area contributed by atoms with E-state index < -0.39 is 17.9 Å². The molecule has 6 nitrogen and oxygen atoms in total. The van der Waals surface area contributed by atoms with Gasteiger partial charge in [0.1, 0.15) is 5.70 Å². The Morgan fingerprint density at radius 1 is 1.44 bits per heavy atom. The lowest BCUT2D eigenvalue weighted by Gasteiger charge is -2.50. The minimum absolute atomic E-state index is 0.0854. The molecular weight excluding hydrogens is 238 g/mol. The highest BCUT2D eigenvalue weighted by molar-refractivity contribution is 5.88. The van der Waals surface area contributed by atoms with Crippen molar-refractivity contribution in [3.8, 4) is 0 Å². The summed E-state index contributed by atoms with van der Waals surface area (Å²) in [6.45, 7) is 1.27. The Hall–Kier alpha value is -1.11. The molecule has 0 aromatic rings. The van der Waals surface area contributed by atoms with Crippen LogP contribution in [-0.4, -0.2) is 44.3 Å². The summed E-state index contributed by atoms with van der Waals surface area (Å²) in [4.78, 5) is 16.6. The molecule has 3 unspecified atom stereocenters. The molecule has 0 aromatic carbocycles. The maximum Gasteiger partial charge on any atom is 0.354 e. The third kappa shape index (κ3) is 1.49. The summed E-state index contributed by atoms with van der Waals surface area (Å²) in [5, 5.41) is 29.9. The van der Waals surface area contributed by atoms with E-state index in [-0.39, 0.29) is 17.7 Å². The van der Waals surface area contributed by atoms with Crippen molar-refractivity contribution in [1.29, 1.82) is 0 Å². The molecule has 0 amide bonds. The summed E-state index contributed by atoms with van der Waals surface area (Å²) < 4.78 is 0. The molecule has 2 aliphatic heterocycles. The molecule has 3 aliphatic rings. The van der Waals surface area contributed by atoms with Crippen molar-refractivity contribution in [1.82, 2.24) is 5.06 Å². The van der Waals surface area contributed by atoms with Gasteiger partial charge in [-0.1, -0.05) is 6.42 Å². The van der Waals surface area contributed by atoms with Crippen LogP contribution < -0.4 is 0 Å². The number of carboxylic acids is 1. The van der Waals surface area contributed by atoms with E-state index >= 15 is 0 Å². The lowest BCUT2D eigenvalue weighted by atomic mass is 9.78. The quantitative estimate of drug-likeness (QED) is 0.611. The van der Waals surface area contributed by atoms with Gasteiger partial charge in [-0.15, -0.1) is 0 Å². The summed E-state index contributed by atoms with van der Waals surface area (Å²) in [6, 6.07) is -0.244. The third-order valence-corrected chi connectivity index (χ3v) is 4.15. The first kappa shape index (κ1) is 12.0. The molecule has 1 aliphatic carbocycles. The fraction of sp³-hybridized carbons (Fsp3) is 0.750. The Balaban J connectivity index is 1.93. The van der Waals surface area contributed by atoms with E-state index in [4.69, 9.17) is 4.84 Å². The average Bonchev–Trinajstić information content (AvgIpc) is 2.45. The van der Waals surface area contributed by atoms with Crippen LogP contribution in [-0.2, 0) is 9.63 Å². The van der Waals surface area contributed by atoms with Gasteiger partial charge in [-0.05, 0) is 31.8 Å². The fourth-order valence-electron chi connectivity index (χ4n) is 3.40. The van der Waals surface area contributed by atoms with E-state index in [2.05, 4.69) is 0 Å². The zero-order chi connectivity index (χ0) is 13.1. The maximum absolute atomic E-state index is 11.3. The number of nitrogens with zero attached hydrogens (tertiary/aromatic N) is 1. The minimum atomic E-state index is -1.93. The van der Waals surface area contributed by atoms with Gasteiger partial charge in [0.2, 0.25) is 0 Å². The van der Waals surface area contributed by atoms with Crippen LogP contribution in [0.15, 0.2) is 11.3 Å². The monoisotopic (exact) mass is 255 g/mol. The predicted octanol–water partition coefficient (Wildman–Crippen LogP) is 0.214. The van der Waals surface area contributed by atoms with E-state index in [1.54, 1.807) is 0 Å². The second-order valence-corrected chi connectivity index (χ2v) is 5.47. The van der Waals surface area contributed by atoms with Crippen molar-refractivity contribution < 1.29 is 25.0 Å². The summed E-state index contributed by atoms with van der Waals surface area (Å²) in [5.41, 5.74) is 1.12. The SMILES string of the molecule is CC(O)(O)C1ON2C(C(=O)O)=C3CCCCC3C12. The van der Waals surface area contributed by atoms with E-state index in [0.717, 1.165) is 31.3 Å². The lowest BCUT2D eigenvalue weighted by molar-refractivity contribution is -0.393. The van der Waals surface area contributed by atoms with Gasteiger partial charge in [0.05, 0.1) is 6.04 Å². The molecule has 3 rings (SSSR count). The number of aliphatic carboxylic acids is 1. The van der Waals surface area contributed by atoms with Crippen LogP contribution in [0, 0.1) is 5.92 Å². The molecule has 100 valence electrons. The summed E-state index contributed by atoms with van der Waals surface area (Å²) in [6.07, 6.45) is 2.95. The predicted molar refractivity (Wildman–Crippen MR) is 60.0 cm³/mol. The van der Waals surface area contributed by atoms with Crippen molar-refractivity contribution >= 4 is 5.97 Å². The molecule has 0 bridgehead atoms. The van der Waals surface area contributed by atoms with Gasteiger partial charge in [-0.3, -0.25) is 4.84 Å². The first-order chi connectivity index (χ1) is 8.41. The van der Waals surface area contributed by atoms with Gasteiger partial charge in [0.25, 0.3) is 0 Å². The molecule has 2 fully saturated rings. The molecule has 18 heavy (non-hydrogen) atoms. The van der Waals surface area contributed by atoms with Gasteiger partial charge < -0.3 is 15.3 Å². The number of hydrogen-bond donors (Lipinski definition) is 3. The number of carboxylic acid groups (broad SMARTS) is 1. The number of hydroxylamine groups is 2. The summed E-state index contributed by atoms with van der Waals surface area (Å²) >= 11 is 0. The lowest BCUT2D eigenvalue weighted by Crippen LogP contribution is -2.66. The van der Waals surface area contributed by atoms with Gasteiger partial charge in [0, 0.05) is 5.92 Å². The van der Waals surface area contributed by atoms with E-state index in [1.165, 1.54) is 12.0 Å². The molecule has 0 spiro atoms. The second kappa shape index (κ2) is 3.69. The van der Waals surface area contributed by atoms with Crippen LogP contribution in [0.25, 0.3) is 0 Å².